The molecule has 0 aliphatic carbocycles. The van der Waals surface area contributed by atoms with Gasteiger partial charge in [0.15, 0.2) is 0 Å². The third kappa shape index (κ3) is 3.17. The van der Waals surface area contributed by atoms with Crippen LogP contribution in [-0.4, -0.2) is 0 Å². The summed E-state index contributed by atoms with van der Waals surface area (Å²) in [4.78, 5) is 0. The lowest BCUT2D eigenvalue weighted by atomic mass is 9.98. The lowest BCUT2D eigenvalue weighted by Crippen LogP contribution is -2.28. The van der Waals surface area contributed by atoms with Gasteiger partial charge < -0.3 is 0 Å². The van der Waals surface area contributed by atoms with Gasteiger partial charge in [-0.15, -0.1) is 0 Å². The van der Waals surface area contributed by atoms with Gasteiger partial charge in [0.1, 0.15) is 0 Å². The maximum atomic E-state index is 5.50. The average molecular weight is 178 g/mol. The first-order chi connectivity index (χ1) is 6.24. The number of nitrogens with two attached hydrogens (primary N) is 1. The summed E-state index contributed by atoms with van der Waals surface area (Å²) < 4.78 is 0. The Labute approximate surface area is 80.1 Å². The smallest absolute Gasteiger partial charge is 0.0462 e. The van der Waals surface area contributed by atoms with Crippen LogP contribution in [0.5, 0.6) is 0 Å². The molecule has 0 spiro atoms. The number of nitrogens with one attached hydrogen (secondary N) is 1. The van der Waals surface area contributed by atoms with E-state index in [0.29, 0.717) is 5.92 Å². The molecule has 3 N–H and O–H groups in total. The fraction of sp³-hybridized carbons (Fsp3) is 0.455. The van der Waals surface area contributed by atoms with Crippen molar-refractivity contribution in [2.45, 2.75) is 26.3 Å². The zero-order chi connectivity index (χ0) is 9.68. The van der Waals surface area contributed by atoms with Crippen LogP contribution in [0.15, 0.2) is 30.3 Å². The van der Waals surface area contributed by atoms with E-state index >= 15 is 0 Å². The van der Waals surface area contributed by atoms with Crippen molar-refractivity contribution < 1.29 is 0 Å². The summed E-state index contributed by atoms with van der Waals surface area (Å²) >= 11 is 0. The standard InChI is InChI=1S/C11H18N2/c1-9(2)8-11(13-12)10-6-4-3-5-7-10/h3-7,9,11,13H,8,12H2,1-2H3/t11-/m1/s1. The fourth-order valence-corrected chi connectivity index (χ4v) is 1.46. The second kappa shape index (κ2) is 5.00. The molecule has 1 aromatic rings. The van der Waals surface area contributed by atoms with E-state index in [2.05, 4.69) is 31.4 Å². The Morgan fingerprint density at radius 2 is 1.85 bits per heavy atom. The molecule has 0 bridgehead atoms. The Morgan fingerprint density at radius 3 is 2.31 bits per heavy atom. The van der Waals surface area contributed by atoms with Gasteiger partial charge in [-0.1, -0.05) is 44.2 Å². The topological polar surface area (TPSA) is 38.0 Å². The molecule has 0 aliphatic heterocycles. The molecule has 0 radical (unpaired) electrons. The monoisotopic (exact) mass is 178 g/mol. The molecule has 0 saturated carbocycles. The van der Waals surface area contributed by atoms with Crippen molar-refractivity contribution in [3.05, 3.63) is 35.9 Å². The number of hydrogen-bond donors (Lipinski definition) is 2. The fourth-order valence-electron chi connectivity index (χ4n) is 1.46. The lowest BCUT2D eigenvalue weighted by molar-refractivity contribution is 0.438. The SMILES string of the molecule is CC(C)C[C@@H](NN)c1ccccc1. The Bertz CT molecular complexity index is 231. The van der Waals surface area contributed by atoms with Crippen LogP contribution < -0.4 is 11.3 Å². The van der Waals surface area contributed by atoms with E-state index in [9.17, 15) is 0 Å². The van der Waals surface area contributed by atoms with E-state index in [1.165, 1.54) is 5.56 Å². The van der Waals surface area contributed by atoms with E-state index in [0.717, 1.165) is 6.42 Å². The largest absolute Gasteiger partial charge is 0.271 e. The highest BCUT2D eigenvalue weighted by molar-refractivity contribution is 5.18. The summed E-state index contributed by atoms with van der Waals surface area (Å²) in [6, 6.07) is 10.6. The van der Waals surface area contributed by atoms with Gasteiger partial charge in [0.05, 0.1) is 0 Å². The second-order valence-corrected chi connectivity index (χ2v) is 3.76. The van der Waals surface area contributed by atoms with Gasteiger partial charge in [-0.05, 0) is 17.9 Å². The first-order valence-electron chi connectivity index (χ1n) is 4.75. The van der Waals surface area contributed by atoms with Crippen molar-refractivity contribution >= 4 is 0 Å². The predicted octanol–water partition coefficient (Wildman–Crippen LogP) is 2.24. The first-order valence-corrected chi connectivity index (χ1v) is 4.75. The molecule has 1 aromatic carbocycles. The van der Waals surface area contributed by atoms with Crippen molar-refractivity contribution in [2.75, 3.05) is 0 Å². The number of hydrogen-bond acceptors (Lipinski definition) is 2. The summed E-state index contributed by atoms with van der Waals surface area (Å²) in [7, 11) is 0. The Balaban J connectivity index is 2.67. The Morgan fingerprint density at radius 1 is 1.23 bits per heavy atom. The minimum absolute atomic E-state index is 0.279. The van der Waals surface area contributed by atoms with Gasteiger partial charge in [-0.2, -0.15) is 0 Å². The summed E-state index contributed by atoms with van der Waals surface area (Å²) in [5, 5.41) is 0. The van der Waals surface area contributed by atoms with Crippen molar-refractivity contribution in [1.82, 2.24) is 5.43 Å². The number of benzene rings is 1. The minimum Gasteiger partial charge on any atom is -0.271 e. The van der Waals surface area contributed by atoms with Crippen molar-refractivity contribution in [3.63, 3.8) is 0 Å². The van der Waals surface area contributed by atoms with Crippen LogP contribution in [0.25, 0.3) is 0 Å². The van der Waals surface area contributed by atoms with Crippen LogP contribution in [-0.2, 0) is 0 Å². The molecule has 2 heteroatoms. The molecule has 72 valence electrons. The highest BCUT2D eigenvalue weighted by Gasteiger charge is 2.10. The molecular weight excluding hydrogens is 160 g/mol. The zero-order valence-corrected chi connectivity index (χ0v) is 8.33. The number of rotatable bonds is 4. The Kier molecular flexibility index (Phi) is 3.93. The van der Waals surface area contributed by atoms with Crippen molar-refractivity contribution in [3.8, 4) is 0 Å². The number of hydrazine groups is 1. The predicted molar refractivity (Wildman–Crippen MR) is 56.0 cm³/mol. The minimum atomic E-state index is 0.279. The zero-order valence-electron chi connectivity index (χ0n) is 8.33. The summed E-state index contributed by atoms with van der Waals surface area (Å²) in [5.74, 6) is 6.16. The third-order valence-corrected chi connectivity index (χ3v) is 2.11. The molecule has 0 unspecified atom stereocenters. The summed E-state index contributed by atoms with van der Waals surface area (Å²) in [6.45, 7) is 4.40. The molecule has 0 fully saturated rings. The Hall–Kier alpha value is -0.860. The second-order valence-electron chi connectivity index (χ2n) is 3.76. The molecular formula is C11H18N2. The van der Waals surface area contributed by atoms with Crippen LogP contribution >= 0.6 is 0 Å². The molecule has 0 heterocycles. The molecule has 2 nitrogen and oxygen atoms in total. The summed E-state index contributed by atoms with van der Waals surface area (Å²) in [5.41, 5.74) is 4.11. The summed E-state index contributed by atoms with van der Waals surface area (Å²) in [6.07, 6.45) is 1.07. The quantitative estimate of drug-likeness (QED) is 0.548. The van der Waals surface area contributed by atoms with Gasteiger partial charge in [0.25, 0.3) is 0 Å². The van der Waals surface area contributed by atoms with Crippen LogP contribution in [0.4, 0.5) is 0 Å². The van der Waals surface area contributed by atoms with Crippen LogP contribution in [0.1, 0.15) is 31.9 Å². The van der Waals surface area contributed by atoms with Crippen LogP contribution in [0.3, 0.4) is 0 Å². The van der Waals surface area contributed by atoms with Gasteiger partial charge >= 0.3 is 0 Å². The maximum Gasteiger partial charge on any atom is 0.0462 e. The van der Waals surface area contributed by atoms with Crippen molar-refractivity contribution in [2.24, 2.45) is 11.8 Å². The van der Waals surface area contributed by atoms with Crippen molar-refractivity contribution in [1.29, 1.82) is 0 Å². The van der Waals surface area contributed by atoms with Gasteiger partial charge in [0, 0.05) is 6.04 Å². The van der Waals surface area contributed by atoms with Crippen LogP contribution in [0.2, 0.25) is 0 Å². The third-order valence-electron chi connectivity index (χ3n) is 2.11. The van der Waals surface area contributed by atoms with Gasteiger partial charge in [-0.25, -0.2) is 0 Å². The van der Waals surface area contributed by atoms with E-state index < -0.39 is 0 Å². The maximum absolute atomic E-state index is 5.50. The molecule has 13 heavy (non-hydrogen) atoms. The normalized spacial score (nSPS) is 13.2. The van der Waals surface area contributed by atoms with E-state index in [1.54, 1.807) is 0 Å². The highest BCUT2D eigenvalue weighted by atomic mass is 15.2. The molecule has 1 rings (SSSR count). The molecule has 0 aromatic heterocycles. The molecule has 0 saturated heterocycles. The molecule has 0 aliphatic rings. The first kappa shape index (κ1) is 10.2. The van der Waals surface area contributed by atoms with E-state index in [-0.39, 0.29) is 6.04 Å². The molecule has 0 amide bonds. The molecule has 1 atom stereocenters. The highest BCUT2D eigenvalue weighted by Crippen LogP contribution is 2.19. The van der Waals surface area contributed by atoms with E-state index in [1.807, 2.05) is 18.2 Å². The van der Waals surface area contributed by atoms with E-state index in [4.69, 9.17) is 5.84 Å². The van der Waals surface area contributed by atoms with Gasteiger partial charge in [0.2, 0.25) is 0 Å². The van der Waals surface area contributed by atoms with Gasteiger partial charge in [-0.3, -0.25) is 11.3 Å². The average Bonchev–Trinajstić information content (AvgIpc) is 2.15. The lowest BCUT2D eigenvalue weighted by Gasteiger charge is -2.18. The van der Waals surface area contributed by atoms with Crippen LogP contribution in [0, 0.1) is 5.92 Å².